The Kier molecular flexibility index (Phi) is 7.21. The van der Waals surface area contributed by atoms with Crippen LogP contribution in [0.1, 0.15) is 16.7 Å². The Morgan fingerprint density at radius 2 is 1.68 bits per heavy atom. The van der Waals surface area contributed by atoms with Gasteiger partial charge in [-0.3, -0.25) is 0 Å². The predicted octanol–water partition coefficient (Wildman–Crippen LogP) is 4.99. The van der Waals surface area contributed by atoms with E-state index in [0.717, 1.165) is 16.9 Å². The molecule has 0 aromatic heterocycles. The van der Waals surface area contributed by atoms with E-state index < -0.39 is 0 Å². The molecule has 142 valence electrons. The van der Waals surface area contributed by atoms with E-state index in [4.69, 9.17) is 10.5 Å². The van der Waals surface area contributed by atoms with E-state index in [0.29, 0.717) is 5.17 Å². The molecule has 2 N–H and O–H groups in total. The average Bonchev–Trinajstić information content (AvgIpc) is 2.73. The highest BCUT2D eigenvalue weighted by atomic mass is 32.2. The molecule has 28 heavy (non-hydrogen) atoms. The smallest absolute Gasteiger partial charge is 0.180 e. The van der Waals surface area contributed by atoms with Crippen LogP contribution in [-0.4, -0.2) is 11.4 Å². The Balaban J connectivity index is 1.60. The number of halogens is 1. The topological polar surface area (TPSA) is 60.0 Å². The van der Waals surface area contributed by atoms with Crippen LogP contribution < -0.4 is 10.5 Å². The summed E-state index contributed by atoms with van der Waals surface area (Å²) in [5, 5.41) is 8.50. The van der Waals surface area contributed by atoms with Gasteiger partial charge in [0.2, 0.25) is 0 Å². The van der Waals surface area contributed by atoms with Crippen molar-refractivity contribution < 1.29 is 9.13 Å². The van der Waals surface area contributed by atoms with Gasteiger partial charge in [0.25, 0.3) is 0 Å². The molecule has 0 bridgehead atoms. The first-order chi connectivity index (χ1) is 13.7. The molecule has 0 radical (unpaired) electrons. The van der Waals surface area contributed by atoms with Crippen molar-refractivity contribution in [1.29, 1.82) is 0 Å². The van der Waals surface area contributed by atoms with Crippen molar-refractivity contribution in [2.75, 3.05) is 0 Å². The summed E-state index contributed by atoms with van der Waals surface area (Å²) < 4.78 is 19.3. The zero-order valence-corrected chi connectivity index (χ0v) is 16.0. The van der Waals surface area contributed by atoms with E-state index in [9.17, 15) is 4.39 Å². The number of benzene rings is 3. The van der Waals surface area contributed by atoms with Gasteiger partial charge in [-0.1, -0.05) is 78.5 Å². The fourth-order valence-electron chi connectivity index (χ4n) is 2.42. The number of hydrogen-bond acceptors (Lipinski definition) is 4. The quantitative estimate of drug-likeness (QED) is 0.350. The molecule has 0 saturated carbocycles. The lowest BCUT2D eigenvalue weighted by atomic mass is 10.1. The minimum Gasteiger partial charge on any atom is -0.486 e. The van der Waals surface area contributed by atoms with Crippen LogP contribution in [0.3, 0.4) is 0 Å². The lowest BCUT2D eigenvalue weighted by molar-refractivity contribution is 0.290. The van der Waals surface area contributed by atoms with Gasteiger partial charge in [0.1, 0.15) is 6.61 Å². The van der Waals surface area contributed by atoms with E-state index in [-0.39, 0.29) is 18.2 Å². The molecular weight excluding hydrogens is 373 g/mol. The van der Waals surface area contributed by atoms with Crippen LogP contribution in [0.4, 0.5) is 4.39 Å². The molecule has 0 aliphatic rings. The standard InChI is InChI=1S/C22H20FN3OS/c23-20-12-6-7-13-21(20)27-15-19-11-5-4-10-18(19)14-25-26-22(24)28-16-17-8-2-1-3-9-17/h1-14H,15-16H2,(H2,24,26). The third kappa shape index (κ3) is 5.96. The second-order valence-electron chi connectivity index (χ2n) is 5.87. The summed E-state index contributed by atoms with van der Waals surface area (Å²) in [7, 11) is 0. The summed E-state index contributed by atoms with van der Waals surface area (Å²) in [5.41, 5.74) is 8.79. The lowest BCUT2D eigenvalue weighted by Crippen LogP contribution is -2.06. The maximum atomic E-state index is 13.7. The van der Waals surface area contributed by atoms with Gasteiger partial charge in [0.05, 0.1) is 6.21 Å². The van der Waals surface area contributed by atoms with Gasteiger partial charge in [-0.05, 0) is 23.3 Å². The molecule has 0 amide bonds. The number of ether oxygens (including phenoxy) is 1. The van der Waals surface area contributed by atoms with Crippen LogP contribution in [0.5, 0.6) is 5.75 Å². The lowest BCUT2D eigenvalue weighted by Gasteiger charge is -2.09. The molecule has 0 aliphatic carbocycles. The average molecular weight is 393 g/mol. The van der Waals surface area contributed by atoms with Crippen LogP contribution >= 0.6 is 11.8 Å². The molecule has 4 nitrogen and oxygen atoms in total. The molecule has 0 saturated heterocycles. The van der Waals surface area contributed by atoms with Crippen molar-refractivity contribution in [3.63, 3.8) is 0 Å². The number of thioether (sulfide) groups is 1. The van der Waals surface area contributed by atoms with E-state index in [1.54, 1.807) is 24.4 Å². The summed E-state index contributed by atoms with van der Waals surface area (Å²) in [4.78, 5) is 0. The van der Waals surface area contributed by atoms with Gasteiger partial charge in [0.15, 0.2) is 16.7 Å². The second-order valence-corrected chi connectivity index (χ2v) is 6.87. The zero-order valence-electron chi connectivity index (χ0n) is 15.2. The number of amidine groups is 1. The summed E-state index contributed by atoms with van der Waals surface area (Å²) >= 11 is 1.43. The highest BCUT2D eigenvalue weighted by molar-refractivity contribution is 8.13. The van der Waals surface area contributed by atoms with Crippen molar-refractivity contribution in [1.82, 2.24) is 0 Å². The molecular formula is C22H20FN3OS. The number of nitrogens with zero attached hydrogens (tertiary/aromatic N) is 2. The molecule has 3 rings (SSSR count). The number of para-hydroxylation sites is 1. The van der Waals surface area contributed by atoms with Crippen LogP contribution in [0.15, 0.2) is 89.1 Å². The highest BCUT2D eigenvalue weighted by Gasteiger charge is 2.04. The van der Waals surface area contributed by atoms with E-state index in [1.807, 2.05) is 54.6 Å². The Hall–Kier alpha value is -3.12. The van der Waals surface area contributed by atoms with Crippen LogP contribution in [0.2, 0.25) is 0 Å². The van der Waals surface area contributed by atoms with Crippen LogP contribution in [0, 0.1) is 5.82 Å². The molecule has 0 spiro atoms. The number of hydrogen-bond donors (Lipinski definition) is 1. The summed E-state index contributed by atoms with van der Waals surface area (Å²) in [6.07, 6.45) is 1.62. The van der Waals surface area contributed by atoms with Crippen LogP contribution in [-0.2, 0) is 12.4 Å². The predicted molar refractivity (Wildman–Crippen MR) is 114 cm³/mol. The highest BCUT2D eigenvalue weighted by Crippen LogP contribution is 2.18. The maximum absolute atomic E-state index is 13.7. The fraction of sp³-hybridized carbons (Fsp3) is 0.0909. The fourth-order valence-corrected chi connectivity index (χ4v) is 3.03. The van der Waals surface area contributed by atoms with E-state index >= 15 is 0 Å². The summed E-state index contributed by atoms with van der Waals surface area (Å²) in [6.45, 7) is 0.227. The zero-order chi connectivity index (χ0) is 19.6. The first kappa shape index (κ1) is 19.6. The van der Waals surface area contributed by atoms with Crippen molar-refractivity contribution in [2.45, 2.75) is 12.4 Å². The third-order valence-electron chi connectivity index (χ3n) is 3.86. The van der Waals surface area contributed by atoms with Crippen LogP contribution in [0.25, 0.3) is 0 Å². The first-order valence-corrected chi connectivity index (χ1v) is 9.69. The van der Waals surface area contributed by atoms with Crippen molar-refractivity contribution >= 4 is 23.1 Å². The van der Waals surface area contributed by atoms with E-state index in [1.165, 1.54) is 23.4 Å². The van der Waals surface area contributed by atoms with Gasteiger partial charge >= 0.3 is 0 Å². The number of rotatable bonds is 7. The van der Waals surface area contributed by atoms with Gasteiger partial charge in [-0.15, -0.1) is 5.10 Å². The molecule has 0 aliphatic heterocycles. The summed E-state index contributed by atoms with van der Waals surface area (Å²) in [6, 6.07) is 23.9. The van der Waals surface area contributed by atoms with E-state index in [2.05, 4.69) is 10.2 Å². The Morgan fingerprint density at radius 1 is 0.964 bits per heavy atom. The maximum Gasteiger partial charge on any atom is 0.180 e. The minimum absolute atomic E-state index is 0.216. The van der Waals surface area contributed by atoms with Crippen molar-refractivity contribution in [3.05, 3.63) is 101 Å². The molecule has 6 heteroatoms. The van der Waals surface area contributed by atoms with Gasteiger partial charge in [0, 0.05) is 11.3 Å². The first-order valence-electron chi connectivity index (χ1n) is 8.71. The Morgan fingerprint density at radius 3 is 2.50 bits per heavy atom. The molecule has 0 unspecified atom stereocenters. The monoisotopic (exact) mass is 393 g/mol. The normalized spacial score (nSPS) is 11.7. The van der Waals surface area contributed by atoms with Gasteiger partial charge in [-0.25, -0.2) is 4.39 Å². The number of nitrogens with two attached hydrogens (primary N) is 1. The van der Waals surface area contributed by atoms with Crippen molar-refractivity contribution in [2.24, 2.45) is 15.9 Å². The second kappa shape index (κ2) is 10.3. The van der Waals surface area contributed by atoms with Crippen molar-refractivity contribution in [3.8, 4) is 5.75 Å². The largest absolute Gasteiger partial charge is 0.486 e. The Bertz CT molecular complexity index is 961. The molecule has 0 heterocycles. The molecule has 3 aromatic rings. The summed E-state index contributed by atoms with van der Waals surface area (Å²) in [5.74, 6) is 0.564. The molecule has 0 atom stereocenters. The minimum atomic E-state index is -0.388. The Labute approximate surface area is 168 Å². The molecule has 0 fully saturated rings. The molecule has 3 aromatic carbocycles. The third-order valence-corrected chi connectivity index (χ3v) is 4.71. The van der Waals surface area contributed by atoms with Gasteiger partial charge < -0.3 is 10.5 Å². The van der Waals surface area contributed by atoms with Gasteiger partial charge in [-0.2, -0.15) is 5.10 Å². The SMILES string of the molecule is NC(=NN=Cc1ccccc1COc1ccccc1F)SCc1ccccc1.